The number of nitriles is 1. The van der Waals surface area contributed by atoms with E-state index in [1.807, 2.05) is 74.3 Å². The normalized spacial score (nSPS) is 12.8. The van der Waals surface area contributed by atoms with Crippen LogP contribution in [-0.4, -0.2) is 53.4 Å². The van der Waals surface area contributed by atoms with Gasteiger partial charge in [-0.3, -0.25) is 4.79 Å². The van der Waals surface area contributed by atoms with Crippen LogP contribution < -0.4 is 14.9 Å². The molecule has 4 rings (SSSR count). The largest absolute Gasteiger partial charge is 0.493 e. The Kier molecular flexibility index (Phi) is 12.4. The van der Waals surface area contributed by atoms with Gasteiger partial charge in [-0.1, -0.05) is 62.4 Å². The highest BCUT2D eigenvalue weighted by Gasteiger charge is 2.36. The molecular formula is C36H43ClN2O6S. The molecule has 0 saturated carbocycles. The predicted octanol–water partition coefficient (Wildman–Crippen LogP) is 6.95. The molecule has 0 saturated heterocycles. The van der Waals surface area contributed by atoms with Crippen LogP contribution in [0.25, 0.3) is 22.3 Å². The van der Waals surface area contributed by atoms with Crippen LogP contribution in [0.1, 0.15) is 43.4 Å². The molecule has 0 aliphatic rings. The Balaban J connectivity index is 0.00000576. The zero-order valence-corrected chi connectivity index (χ0v) is 29.0. The van der Waals surface area contributed by atoms with Crippen molar-refractivity contribution in [3.8, 4) is 28.9 Å². The average molecular weight is 667 g/mol. The van der Waals surface area contributed by atoms with Crippen molar-refractivity contribution in [1.82, 2.24) is 4.90 Å². The van der Waals surface area contributed by atoms with Crippen molar-refractivity contribution in [2.24, 2.45) is 5.92 Å². The molecule has 0 N–H and O–H groups in total. The summed E-state index contributed by atoms with van der Waals surface area (Å²) in [4.78, 5) is 15.2. The fourth-order valence-corrected chi connectivity index (χ4v) is 7.26. The van der Waals surface area contributed by atoms with Gasteiger partial charge in [-0.05, 0) is 63.0 Å². The molecule has 10 heteroatoms. The summed E-state index contributed by atoms with van der Waals surface area (Å²) in [5, 5.41) is 10.7. The van der Waals surface area contributed by atoms with Crippen LogP contribution >= 0.6 is 12.4 Å². The van der Waals surface area contributed by atoms with Crippen LogP contribution in [0.4, 0.5) is 0 Å². The molecular weight excluding hydrogens is 624 g/mol. The number of nitrogens with zero attached hydrogens (tertiary/aromatic N) is 2. The first-order chi connectivity index (χ1) is 21.5. The van der Waals surface area contributed by atoms with Gasteiger partial charge in [0, 0.05) is 23.2 Å². The van der Waals surface area contributed by atoms with Crippen molar-refractivity contribution in [3.05, 3.63) is 93.6 Å². The maximum Gasteiger partial charge on any atom is 0.196 e. The smallest absolute Gasteiger partial charge is 0.196 e. The molecule has 1 heterocycles. The molecule has 246 valence electrons. The van der Waals surface area contributed by atoms with Gasteiger partial charge in [0.15, 0.2) is 26.8 Å². The molecule has 3 aromatic carbocycles. The monoisotopic (exact) mass is 666 g/mol. The van der Waals surface area contributed by atoms with E-state index in [9.17, 15) is 18.5 Å². The second kappa shape index (κ2) is 15.6. The first kappa shape index (κ1) is 36.6. The molecule has 0 spiro atoms. The summed E-state index contributed by atoms with van der Waals surface area (Å²) in [5.74, 6) is 1.39. The molecule has 0 fully saturated rings. The molecule has 0 bridgehead atoms. The van der Waals surface area contributed by atoms with Crippen LogP contribution in [0.2, 0.25) is 0 Å². The van der Waals surface area contributed by atoms with Gasteiger partial charge in [0.25, 0.3) is 0 Å². The van der Waals surface area contributed by atoms with Gasteiger partial charge >= 0.3 is 0 Å². The summed E-state index contributed by atoms with van der Waals surface area (Å²) < 4.78 is 43.7. The topological polar surface area (TPSA) is 110 Å². The van der Waals surface area contributed by atoms with Gasteiger partial charge in [0.1, 0.15) is 11.3 Å². The molecule has 1 atom stereocenters. The summed E-state index contributed by atoms with van der Waals surface area (Å²) in [6, 6.07) is 22.6. The van der Waals surface area contributed by atoms with Gasteiger partial charge in [-0.2, -0.15) is 5.26 Å². The van der Waals surface area contributed by atoms with E-state index in [1.54, 1.807) is 39.3 Å². The van der Waals surface area contributed by atoms with Crippen LogP contribution in [0.5, 0.6) is 11.5 Å². The number of para-hydroxylation sites is 1. The van der Waals surface area contributed by atoms with E-state index in [0.717, 1.165) is 11.1 Å². The summed E-state index contributed by atoms with van der Waals surface area (Å²) in [7, 11) is 1.51. The number of rotatable bonds is 14. The molecule has 46 heavy (non-hydrogen) atoms. The fraction of sp³-hybridized carbons (Fsp3) is 0.389. The predicted molar refractivity (Wildman–Crippen MR) is 186 cm³/mol. The number of ether oxygens (including phenoxy) is 2. The second-order valence-corrected chi connectivity index (χ2v) is 14.0. The van der Waals surface area contributed by atoms with E-state index >= 15 is 0 Å². The molecule has 0 radical (unpaired) electrons. The standard InChI is InChI=1S/C36H42N2O6S.ClH/c1-25(2)36(24-37,29-16-17-31(42-5)32(22-29)43-6)18-11-19-38(4)20-21-45(40,41)23-28-14-10-15-30-33(39)26(3)34(44-35(28)30)27-12-8-7-9-13-27;/h7-10,12-17,22,25H,11,18-21,23H2,1-6H3;1H. The van der Waals surface area contributed by atoms with Crippen LogP contribution in [-0.2, 0) is 21.0 Å². The Labute approximate surface area is 278 Å². The van der Waals surface area contributed by atoms with E-state index in [-0.39, 0.29) is 35.3 Å². The van der Waals surface area contributed by atoms with E-state index in [2.05, 4.69) is 6.07 Å². The number of hydrogen-bond donors (Lipinski definition) is 0. The minimum atomic E-state index is -3.53. The number of hydrogen-bond acceptors (Lipinski definition) is 8. The van der Waals surface area contributed by atoms with Crippen molar-refractivity contribution in [1.29, 1.82) is 5.26 Å². The highest BCUT2D eigenvalue weighted by Crippen LogP contribution is 2.40. The molecule has 1 aromatic heterocycles. The van der Waals surface area contributed by atoms with Crippen LogP contribution in [0, 0.1) is 24.2 Å². The Bertz CT molecular complexity index is 1850. The maximum absolute atomic E-state index is 13.3. The van der Waals surface area contributed by atoms with E-state index < -0.39 is 15.3 Å². The fourth-order valence-electron chi connectivity index (χ4n) is 5.82. The van der Waals surface area contributed by atoms with Gasteiger partial charge in [0.05, 0.1) is 42.6 Å². The van der Waals surface area contributed by atoms with Crippen LogP contribution in [0.15, 0.2) is 75.9 Å². The summed E-state index contributed by atoms with van der Waals surface area (Å²) >= 11 is 0. The number of benzene rings is 3. The van der Waals surface area contributed by atoms with E-state index in [4.69, 9.17) is 13.9 Å². The lowest BCUT2D eigenvalue weighted by molar-refractivity contribution is 0.299. The van der Waals surface area contributed by atoms with Gasteiger partial charge < -0.3 is 18.8 Å². The molecule has 0 aliphatic heterocycles. The number of halogens is 1. The van der Waals surface area contributed by atoms with Crippen molar-refractivity contribution in [2.45, 2.75) is 44.8 Å². The summed E-state index contributed by atoms with van der Waals surface area (Å²) in [5.41, 5.74) is 1.99. The Morgan fingerprint density at radius 3 is 2.30 bits per heavy atom. The van der Waals surface area contributed by atoms with Gasteiger partial charge in [-0.15, -0.1) is 12.4 Å². The zero-order chi connectivity index (χ0) is 32.8. The Morgan fingerprint density at radius 2 is 1.67 bits per heavy atom. The molecule has 0 aliphatic carbocycles. The SMILES string of the molecule is COc1ccc(C(C#N)(CCCN(C)CCS(=O)(=O)Cc2cccc3c(=O)c(C)c(-c4ccccc4)oc23)C(C)C)cc1OC.Cl. The first-order valence-corrected chi connectivity index (χ1v) is 16.9. The lowest BCUT2D eigenvalue weighted by Crippen LogP contribution is -2.33. The third-order valence-electron chi connectivity index (χ3n) is 8.62. The minimum absolute atomic E-state index is 0. The summed E-state index contributed by atoms with van der Waals surface area (Å²) in [6.45, 7) is 6.76. The molecule has 1 unspecified atom stereocenters. The Morgan fingerprint density at radius 1 is 0.978 bits per heavy atom. The van der Waals surface area contributed by atoms with Gasteiger partial charge in [0.2, 0.25) is 0 Å². The Hall–Kier alpha value is -3.84. The lowest BCUT2D eigenvalue weighted by atomic mass is 9.69. The van der Waals surface area contributed by atoms with E-state index in [0.29, 0.717) is 65.3 Å². The molecule has 4 aromatic rings. The minimum Gasteiger partial charge on any atom is -0.493 e. The second-order valence-electron chi connectivity index (χ2n) is 11.9. The van der Waals surface area contributed by atoms with Crippen molar-refractivity contribution in [3.63, 3.8) is 0 Å². The first-order valence-electron chi connectivity index (χ1n) is 15.1. The molecule has 8 nitrogen and oxygen atoms in total. The number of methoxy groups -OCH3 is 2. The quantitative estimate of drug-likeness (QED) is 0.142. The lowest BCUT2D eigenvalue weighted by Gasteiger charge is -2.32. The van der Waals surface area contributed by atoms with Gasteiger partial charge in [-0.25, -0.2) is 8.42 Å². The van der Waals surface area contributed by atoms with Crippen molar-refractivity contribution < 1.29 is 22.3 Å². The maximum atomic E-state index is 13.3. The highest BCUT2D eigenvalue weighted by atomic mass is 35.5. The van der Waals surface area contributed by atoms with Crippen molar-refractivity contribution >= 4 is 33.2 Å². The third-order valence-corrected chi connectivity index (χ3v) is 10.2. The molecule has 0 amide bonds. The zero-order valence-electron chi connectivity index (χ0n) is 27.3. The highest BCUT2D eigenvalue weighted by molar-refractivity contribution is 7.90. The van der Waals surface area contributed by atoms with Crippen LogP contribution in [0.3, 0.4) is 0 Å². The third kappa shape index (κ3) is 7.92. The average Bonchev–Trinajstić information content (AvgIpc) is 3.04. The van der Waals surface area contributed by atoms with E-state index in [1.165, 1.54) is 0 Å². The summed E-state index contributed by atoms with van der Waals surface area (Å²) in [6.07, 6.45) is 1.30. The number of sulfone groups is 1. The van der Waals surface area contributed by atoms with Crippen molar-refractivity contribution in [2.75, 3.05) is 40.1 Å². The number of fused-ring (bicyclic) bond motifs is 1.